The van der Waals surface area contributed by atoms with E-state index in [1.165, 1.54) is 29.7 Å². The minimum Gasteiger partial charge on any atom is -0.351 e. The molecule has 0 fully saturated rings. The van der Waals surface area contributed by atoms with Gasteiger partial charge in [0.2, 0.25) is 5.91 Å². The minimum absolute atomic E-state index is 0.0618. The van der Waals surface area contributed by atoms with E-state index in [2.05, 4.69) is 5.32 Å². The number of carbonyl (C=O) groups excluding carboxylic acids is 2. The summed E-state index contributed by atoms with van der Waals surface area (Å²) >= 11 is 0. The first-order valence-corrected chi connectivity index (χ1v) is 7.52. The van der Waals surface area contributed by atoms with Crippen molar-refractivity contribution in [3.63, 3.8) is 0 Å². The monoisotopic (exact) mass is 330 g/mol. The average Bonchev–Trinajstić information content (AvgIpc) is 2.59. The predicted molar refractivity (Wildman–Crippen MR) is 86.5 cm³/mol. The van der Waals surface area contributed by atoms with E-state index in [0.717, 1.165) is 11.1 Å². The molecular formula is C18H19FN2O3. The van der Waals surface area contributed by atoms with Gasteiger partial charge in [-0.3, -0.25) is 14.8 Å². The lowest BCUT2D eigenvalue weighted by atomic mass is 9.97. The van der Waals surface area contributed by atoms with Crippen molar-refractivity contribution in [1.29, 1.82) is 0 Å². The van der Waals surface area contributed by atoms with Gasteiger partial charge >= 0.3 is 0 Å². The van der Waals surface area contributed by atoms with E-state index in [4.69, 9.17) is 5.21 Å². The maximum atomic E-state index is 13.0. The lowest BCUT2D eigenvalue weighted by Crippen LogP contribution is -2.41. The molecule has 0 aliphatic heterocycles. The highest BCUT2D eigenvalue weighted by Gasteiger charge is 2.26. The Labute approximate surface area is 139 Å². The molecule has 2 amide bonds. The van der Waals surface area contributed by atoms with Gasteiger partial charge in [-0.05, 0) is 42.2 Å². The van der Waals surface area contributed by atoms with Gasteiger partial charge in [0.1, 0.15) is 11.7 Å². The van der Waals surface area contributed by atoms with Crippen molar-refractivity contribution < 1.29 is 19.2 Å². The van der Waals surface area contributed by atoms with E-state index in [9.17, 15) is 14.0 Å². The second kappa shape index (κ2) is 8.21. The molecule has 0 saturated carbocycles. The van der Waals surface area contributed by atoms with Crippen molar-refractivity contribution in [3.8, 4) is 0 Å². The molecule has 24 heavy (non-hydrogen) atoms. The Kier molecular flexibility index (Phi) is 6.03. The fraction of sp³-hybridized carbons (Fsp3) is 0.222. The number of rotatable bonds is 6. The molecule has 2 aromatic rings. The zero-order valence-electron chi connectivity index (χ0n) is 13.3. The summed E-state index contributed by atoms with van der Waals surface area (Å²) in [6.45, 7) is 2.21. The number of nitrogens with one attached hydrogen (secondary N) is 2. The van der Waals surface area contributed by atoms with Crippen molar-refractivity contribution in [3.05, 3.63) is 71.0 Å². The first-order valence-electron chi connectivity index (χ1n) is 7.52. The van der Waals surface area contributed by atoms with E-state index in [1.807, 2.05) is 31.2 Å². The molecule has 6 heteroatoms. The van der Waals surface area contributed by atoms with Gasteiger partial charge in [0.05, 0.1) is 0 Å². The number of halogens is 1. The van der Waals surface area contributed by atoms with Gasteiger partial charge in [-0.25, -0.2) is 9.87 Å². The van der Waals surface area contributed by atoms with Crippen LogP contribution in [-0.2, 0) is 22.6 Å². The van der Waals surface area contributed by atoms with E-state index < -0.39 is 23.5 Å². The van der Waals surface area contributed by atoms with Crippen LogP contribution in [0.4, 0.5) is 4.39 Å². The van der Waals surface area contributed by atoms with Crippen molar-refractivity contribution >= 4 is 11.8 Å². The molecular weight excluding hydrogens is 311 g/mol. The molecule has 3 N–H and O–H groups in total. The van der Waals surface area contributed by atoms with Gasteiger partial charge < -0.3 is 5.32 Å². The highest BCUT2D eigenvalue weighted by molar-refractivity contribution is 6.00. The molecule has 2 aromatic carbocycles. The third-order valence-corrected chi connectivity index (χ3v) is 3.81. The van der Waals surface area contributed by atoms with Crippen LogP contribution in [0, 0.1) is 18.7 Å². The summed E-state index contributed by atoms with van der Waals surface area (Å²) in [5.74, 6) is -2.81. The zero-order valence-corrected chi connectivity index (χ0v) is 13.3. The number of hydrogen-bond donors (Lipinski definition) is 3. The van der Waals surface area contributed by atoms with Crippen molar-refractivity contribution in [2.75, 3.05) is 0 Å². The lowest BCUT2D eigenvalue weighted by molar-refractivity contribution is -0.140. The van der Waals surface area contributed by atoms with Gasteiger partial charge in [-0.2, -0.15) is 0 Å². The summed E-state index contributed by atoms with van der Waals surface area (Å²) in [6.07, 6.45) is 0.0618. The van der Waals surface area contributed by atoms with Gasteiger partial charge in [0.25, 0.3) is 5.91 Å². The smallest absolute Gasteiger partial charge is 0.256 e. The molecule has 126 valence electrons. The second-order valence-corrected chi connectivity index (χ2v) is 5.50. The summed E-state index contributed by atoms with van der Waals surface area (Å²) in [5.41, 5.74) is 4.10. The van der Waals surface area contributed by atoms with Crippen LogP contribution in [0.2, 0.25) is 0 Å². The molecule has 0 saturated heterocycles. The van der Waals surface area contributed by atoms with E-state index in [1.54, 1.807) is 0 Å². The molecule has 1 atom stereocenters. The van der Waals surface area contributed by atoms with Crippen LogP contribution in [0.3, 0.4) is 0 Å². The number of aryl methyl sites for hydroxylation is 1. The number of amides is 2. The van der Waals surface area contributed by atoms with Gasteiger partial charge in [0, 0.05) is 6.54 Å². The van der Waals surface area contributed by atoms with Crippen LogP contribution >= 0.6 is 0 Å². The van der Waals surface area contributed by atoms with Crippen molar-refractivity contribution in [2.45, 2.75) is 19.9 Å². The van der Waals surface area contributed by atoms with Crippen LogP contribution in [0.1, 0.15) is 16.7 Å². The van der Waals surface area contributed by atoms with Crippen LogP contribution in [0.25, 0.3) is 0 Å². The number of carbonyl (C=O) groups is 2. The fourth-order valence-electron chi connectivity index (χ4n) is 2.35. The van der Waals surface area contributed by atoms with Crippen molar-refractivity contribution in [2.24, 2.45) is 5.92 Å². The zero-order chi connectivity index (χ0) is 17.5. The first kappa shape index (κ1) is 17.6. The Morgan fingerprint density at radius 3 is 2.38 bits per heavy atom. The van der Waals surface area contributed by atoms with Crippen LogP contribution < -0.4 is 10.8 Å². The summed E-state index contributed by atoms with van der Waals surface area (Å²) < 4.78 is 13.0. The van der Waals surface area contributed by atoms with E-state index in [0.29, 0.717) is 5.56 Å². The van der Waals surface area contributed by atoms with E-state index >= 15 is 0 Å². The Bertz CT molecular complexity index is 716. The highest BCUT2D eigenvalue weighted by atomic mass is 19.1. The first-order chi connectivity index (χ1) is 11.5. The summed E-state index contributed by atoms with van der Waals surface area (Å²) in [4.78, 5) is 24.1. The van der Waals surface area contributed by atoms with Crippen LogP contribution in [-0.4, -0.2) is 17.0 Å². The Balaban J connectivity index is 2.06. The molecule has 5 nitrogen and oxygen atoms in total. The quantitative estimate of drug-likeness (QED) is 0.431. The van der Waals surface area contributed by atoms with E-state index in [-0.39, 0.29) is 13.0 Å². The SMILES string of the molecule is Cc1ccccc1CNC(=O)C(Cc1ccc(F)cc1)C(=O)NO. The highest BCUT2D eigenvalue weighted by Crippen LogP contribution is 2.12. The van der Waals surface area contributed by atoms with Gasteiger partial charge in [-0.1, -0.05) is 36.4 Å². The Hall–Kier alpha value is -2.73. The summed E-state index contributed by atoms with van der Waals surface area (Å²) in [5, 5.41) is 11.6. The lowest BCUT2D eigenvalue weighted by Gasteiger charge is -2.16. The normalized spacial score (nSPS) is 11.6. The third kappa shape index (κ3) is 4.63. The third-order valence-electron chi connectivity index (χ3n) is 3.81. The standard InChI is InChI=1S/C18H19FN2O3/c1-12-4-2-3-5-14(12)11-20-17(22)16(18(23)21-24)10-13-6-8-15(19)9-7-13/h2-9,16,24H,10-11H2,1H3,(H,20,22)(H,21,23). The fourth-order valence-corrected chi connectivity index (χ4v) is 2.35. The Morgan fingerprint density at radius 1 is 1.08 bits per heavy atom. The molecule has 2 rings (SSSR count). The molecule has 0 bridgehead atoms. The summed E-state index contributed by atoms with van der Waals surface area (Å²) in [6, 6.07) is 13.1. The molecule has 1 unspecified atom stereocenters. The molecule has 0 radical (unpaired) electrons. The molecule has 0 spiro atoms. The molecule has 0 aliphatic carbocycles. The van der Waals surface area contributed by atoms with Crippen LogP contribution in [0.5, 0.6) is 0 Å². The number of hydrogen-bond acceptors (Lipinski definition) is 3. The van der Waals surface area contributed by atoms with Gasteiger partial charge in [0.15, 0.2) is 0 Å². The minimum atomic E-state index is -1.11. The topological polar surface area (TPSA) is 78.4 Å². The average molecular weight is 330 g/mol. The molecule has 0 heterocycles. The number of benzene rings is 2. The molecule has 0 aromatic heterocycles. The van der Waals surface area contributed by atoms with Crippen LogP contribution in [0.15, 0.2) is 48.5 Å². The maximum Gasteiger partial charge on any atom is 0.256 e. The van der Waals surface area contributed by atoms with Crippen molar-refractivity contribution in [1.82, 2.24) is 10.8 Å². The largest absolute Gasteiger partial charge is 0.351 e. The summed E-state index contributed by atoms with van der Waals surface area (Å²) in [7, 11) is 0. The predicted octanol–water partition coefficient (Wildman–Crippen LogP) is 2.11. The molecule has 0 aliphatic rings. The Morgan fingerprint density at radius 2 is 1.75 bits per heavy atom. The van der Waals surface area contributed by atoms with Gasteiger partial charge in [-0.15, -0.1) is 0 Å². The second-order valence-electron chi connectivity index (χ2n) is 5.50. The maximum absolute atomic E-state index is 13.0. The number of hydroxylamine groups is 1.